The average Bonchev–Trinajstić information content (AvgIpc) is 2.70. The monoisotopic (exact) mass is 385 g/mol. The molecule has 1 amide bonds. The summed E-state index contributed by atoms with van der Waals surface area (Å²) in [6, 6.07) is 13.3. The van der Waals surface area contributed by atoms with Crippen molar-refractivity contribution in [3.63, 3.8) is 0 Å². The van der Waals surface area contributed by atoms with Crippen LogP contribution in [-0.2, 0) is 9.53 Å². The minimum atomic E-state index is -0.789. The van der Waals surface area contributed by atoms with Crippen LogP contribution in [0, 0.1) is 10.1 Å². The highest BCUT2D eigenvalue weighted by Crippen LogP contribution is 2.28. The van der Waals surface area contributed by atoms with Gasteiger partial charge >= 0.3 is 5.97 Å². The Morgan fingerprint density at radius 2 is 1.75 bits per heavy atom. The largest absolute Gasteiger partial charge is 0.452 e. The number of nitro groups is 1. The molecular formula is C20H23N3O5. The van der Waals surface area contributed by atoms with E-state index in [0.717, 1.165) is 11.6 Å². The Kier molecular flexibility index (Phi) is 6.70. The van der Waals surface area contributed by atoms with Crippen molar-refractivity contribution in [3.8, 4) is 0 Å². The van der Waals surface area contributed by atoms with Gasteiger partial charge in [-0.25, -0.2) is 4.79 Å². The zero-order valence-electron chi connectivity index (χ0n) is 16.3. The molecule has 8 heteroatoms. The number of rotatable bonds is 7. The molecule has 0 aliphatic carbocycles. The predicted octanol–water partition coefficient (Wildman–Crippen LogP) is 3.04. The van der Waals surface area contributed by atoms with Crippen LogP contribution in [0.5, 0.6) is 0 Å². The van der Waals surface area contributed by atoms with Crippen molar-refractivity contribution in [2.24, 2.45) is 0 Å². The van der Waals surface area contributed by atoms with Crippen molar-refractivity contribution >= 4 is 23.3 Å². The number of nitro benzene ring substituents is 1. The third-order valence-electron chi connectivity index (χ3n) is 4.47. The van der Waals surface area contributed by atoms with Crippen molar-refractivity contribution in [1.29, 1.82) is 0 Å². The fraction of sp³-hybridized carbons (Fsp3) is 0.300. The van der Waals surface area contributed by atoms with Gasteiger partial charge in [-0.3, -0.25) is 14.9 Å². The summed E-state index contributed by atoms with van der Waals surface area (Å²) in [5, 5.41) is 11.2. The summed E-state index contributed by atoms with van der Waals surface area (Å²) in [6.45, 7) is 1.42. The second kappa shape index (κ2) is 8.98. The standard InChI is InChI=1S/C20H23N3O5/c1-14(15-8-6-5-7-9-15)22(4)19(24)13-28-20(25)16-10-11-17(21(2)3)18(12-16)23(26)27/h5-12,14H,13H2,1-4H3/t14-/m0/s1. The van der Waals surface area contributed by atoms with E-state index in [0.29, 0.717) is 5.69 Å². The van der Waals surface area contributed by atoms with Crippen LogP contribution in [0.15, 0.2) is 48.5 Å². The number of likely N-dealkylation sites (N-methyl/N-ethyl adjacent to an activating group) is 1. The number of carbonyl (C=O) groups excluding carboxylic acids is 2. The quantitative estimate of drug-likeness (QED) is 0.413. The molecule has 0 unspecified atom stereocenters. The molecule has 0 fully saturated rings. The zero-order valence-corrected chi connectivity index (χ0v) is 16.3. The van der Waals surface area contributed by atoms with Gasteiger partial charge in [0.2, 0.25) is 0 Å². The van der Waals surface area contributed by atoms with Gasteiger partial charge in [0.1, 0.15) is 5.69 Å². The number of benzene rings is 2. The summed E-state index contributed by atoms with van der Waals surface area (Å²) in [4.78, 5) is 38.3. The first kappa shape index (κ1) is 20.9. The minimum absolute atomic E-state index is 0.0175. The molecule has 0 saturated carbocycles. The van der Waals surface area contributed by atoms with Crippen LogP contribution in [0.25, 0.3) is 0 Å². The van der Waals surface area contributed by atoms with Gasteiger partial charge in [-0.2, -0.15) is 0 Å². The molecule has 0 spiro atoms. The van der Waals surface area contributed by atoms with Crippen molar-refractivity contribution in [1.82, 2.24) is 4.90 Å². The Morgan fingerprint density at radius 3 is 2.32 bits per heavy atom. The lowest BCUT2D eigenvalue weighted by Crippen LogP contribution is -2.33. The normalized spacial score (nSPS) is 11.4. The van der Waals surface area contributed by atoms with E-state index in [1.54, 1.807) is 26.0 Å². The number of hydrogen-bond acceptors (Lipinski definition) is 6. The summed E-state index contributed by atoms with van der Waals surface area (Å²) in [7, 11) is 4.97. The lowest BCUT2D eigenvalue weighted by Gasteiger charge is -2.25. The van der Waals surface area contributed by atoms with E-state index in [9.17, 15) is 19.7 Å². The second-order valence-corrected chi connectivity index (χ2v) is 6.52. The molecule has 28 heavy (non-hydrogen) atoms. The fourth-order valence-electron chi connectivity index (χ4n) is 2.66. The van der Waals surface area contributed by atoms with Crippen molar-refractivity contribution in [2.75, 3.05) is 32.6 Å². The van der Waals surface area contributed by atoms with Gasteiger partial charge in [0.25, 0.3) is 11.6 Å². The predicted molar refractivity (Wildman–Crippen MR) is 105 cm³/mol. The smallest absolute Gasteiger partial charge is 0.338 e. The van der Waals surface area contributed by atoms with Crippen LogP contribution >= 0.6 is 0 Å². The number of esters is 1. The number of nitrogens with zero attached hydrogens (tertiary/aromatic N) is 3. The Hall–Kier alpha value is -3.42. The molecule has 0 saturated heterocycles. The summed E-state index contributed by atoms with van der Waals surface area (Å²) < 4.78 is 5.07. The Bertz CT molecular complexity index is 867. The molecule has 0 heterocycles. The van der Waals surface area contributed by atoms with Gasteiger partial charge in [-0.1, -0.05) is 30.3 Å². The molecular weight excluding hydrogens is 362 g/mol. The molecule has 1 atom stereocenters. The van der Waals surface area contributed by atoms with Crippen molar-refractivity contribution in [3.05, 3.63) is 69.8 Å². The van der Waals surface area contributed by atoms with Crippen LogP contribution < -0.4 is 4.90 Å². The van der Waals surface area contributed by atoms with E-state index < -0.39 is 17.5 Å². The van der Waals surface area contributed by atoms with E-state index in [1.165, 1.54) is 17.0 Å². The molecule has 2 aromatic carbocycles. The minimum Gasteiger partial charge on any atom is -0.452 e. The molecule has 2 aromatic rings. The molecule has 0 radical (unpaired) electrons. The van der Waals surface area contributed by atoms with Crippen molar-refractivity contribution in [2.45, 2.75) is 13.0 Å². The highest BCUT2D eigenvalue weighted by atomic mass is 16.6. The SMILES string of the molecule is C[C@@H](c1ccccc1)N(C)C(=O)COC(=O)c1ccc(N(C)C)c([N+](=O)[O-])c1. The number of ether oxygens (including phenoxy) is 1. The number of hydrogen-bond donors (Lipinski definition) is 0. The van der Waals surface area contributed by atoms with Crippen LogP contribution in [0.4, 0.5) is 11.4 Å². The molecule has 2 rings (SSSR count). The highest BCUT2D eigenvalue weighted by Gasteiger charge is 2.22. The topological polar surface area (TPSA) is 93.0 Å². The Labute approximate surface area is 163 Å². The van der Waals surface area contributed by atoms with E-state index in [4.69, 9.17) is 4.74 Å². The molecule has 0 aromatic heterocycles. The molecule has 8 nitrogen and oxygen atoms in total. The van der Waals surface area contributed by atoms with Gasteiger partial charge in [-0.05, 0) is 24.6 Å². The number of carbonyl (C=O) groups is 2. The maximum absolute atomic E-state index is 12.3. The zero-order chi connectivity index (χ0) is 20.8. The first-order valence-electron chi connectivity index (χ1n) is 8.66. The second-order valence-electron chi connectivity index (χ2n) is 6.52. The first-order valence-corrected chi connectivity index (χ1v) is 8.66. The third kappa shape index (κ3) is 4.85. The van der Waals surface area contributed by atoms with Gasteiger partial charge in [-0.15, -0.1) is 0 Å². The molecule has 0 N–H and O–H groups in total. The lowest BCUT2D eigenvalue weighted by atomic mass is 10.1. The summed E-state index contributed by atoms with van der Waals surface area (Å²) in [6.07, 6.45) is 0. The maximum atomic E-state index is 12.3. The van der Waals surface area contributed by atoms with Crippen LogP contribution in [-0.4, -0.2) is 49.4 Å². The molecule has 148 valence electrons. The highest BCUT2D eigenvalue weighted by molar-refractivity contribution is 5.93. The number of amides is 1. The third-order valence-corrected chi connectivity index (χ3v) is 4.47. The summed E-state index contributed by atoms with van der Waals surface area (Å²) >= 11 is 0. The van der Waals surface area contributed by atoms with E-state index in [2.05, 4.69) is 0 Å². The van der Waals surface area contributed by atoms with E-state index >= 15 is 0 Å². The maximum Gasteiger partial charge on any atom is 0.338 e. The Morgan fingerprint density at radius 1 is 1.11 bits per heavy atom. The van der Waals surface area contributed by atoms with Crippen molar-refractivity contribution < 1.29 is 19.2 Å². The van der Waals surface area contributed by atoms with Gasteiger partial charge in [0.15, 0.2) is 6.61 Å². The van der Waals surface area contributed by atoms with Crippen LogP contribution in [0.3, 0.4) is 0 Å². The first-order chi connectivity index (χ1) is 13.2. The van der Waals surface area contributed by atoms with Gasteiger partial charge in [0, 0.05) is 27.2 Å². The summed E-state index contributed by atoms with van der Waals surface area (Å²) in [5.74, 6) is -1.16. The average molecular weight is 385 g/mol. The Balaban J connectivity index is 2.04. The fourth-order valence-corrected chi connectivity index (χ4v) is 2.66. The molecule has 0 aliphatic heterocycles. The van der Waals surface area contributed by atoms with Gasteiger partial charge < -0.3 is 14.5 Å². The molecule has 0 bridgehead atoms. The van der Waals surface area contributed by atoms with Crippen LogP contribution in [0.1, 0.15) is 28.9 Å². The number of anilines is 1. The van der Waals surface area contributed by atoms with E-state index in [-0.39, 0.29) is 23.2 Å². The van der Waals surface area contributed by atoms with Gasteiger partial charge in [0.05, 0.1) is 16.5 Å². The van der Waals surface area contributed by atoms with Crippen LogP contribution in [0.2, 0.25) is 0 Å². The summed E-state index contributed by atoms with van der Waals surface area (Å²) in [5.41, 5.74) is 1.14. The van der Waals surface area contributed by atoms with E-state index in [1.807, 2.05) is 37.3 Å². The lowest BCUT2D eigenvalue weighted by molar-refractivity contribution is -0.384. The molecule has 0 aliphatic rings.